The molecule has 3 rings (SSSR count). The molecule has 0 atom stereocenters. The van der Waals surface area contributed by atoms with Crippen molar-refractivity contribution in [2.24, 2.45) is 0 Å². The maximum atomic E-state index is 4.36. The number of nitrogens with one attached hydrogen (secondary N) is 2. The summed E-state index contributed by atoms with van der Waals surface area (Å²) in [5.74, 6) is 0.739. The predicted octanol–water partition coefficient (Wildman–Crippen LogP) is 2.70. The fourth-order valence-electron chi connectivity index (χ4n) is 1.56. The molecule has 1 aromatic carbocycles. The number of benzene rings is 1. The predicted molar refractivity (Wildman–Crippen MR) is 74.1 cm³/mol. The summed E-state index contributed by atoms with van der Waals surface area (Å²) in [6, 6.07) is 9.88. The second kappa shape index (κ2) is 4.28. The van der Waals surface area contributed by atoms with Crippen LogP contribution in [0.3, 0.4) is 0 Å². The second-order valence-electron chi connectivity index (χ2n) is 3.43. The molecule has 2 aromatic heterocycles. The fraction of sp³-hybridized carbons (Fsp3) is 0. The Kier molecular flexibility index (Phi) is 2.63. The zero-order chi connectivity index (χ0) is 11.7. The summed E-state index contributed by atoms with van der Waals surface area (Å²) in [6.07, 6.45) is 1.62. The first kappa shape index (κ1) is 10.5. The molecular formula is C11H8IN5. The molecule has 0 saturated heterocycles. The average Bonchev–Trinajstić information content (AvgIpc) is 2.78. The van der Waals surface area contributed by atoms with Crippen molar-refractivity contribution in [3.63, 3.8) is 0 Å². The molecular weight excluding hydrogens is 329 g/mol. The van der Waals surface area contributed by atoms with Crippen molar-refractivity contribution in [3.8, 4) is 0 Å². The number of anilines is 2. The van der Waals surface area contributed by atoms with Gasteiger partial charge in [-0.15, -0.1) is 0 Å². The molecule has 0 radical (unpaired) electrons. The Balaban J connectivity index is 2.08. The third kappa shape index (κ3) is 2.07. The van der Waals surface area contributed by atoms with Gasteiger partial charge in [0.2, 0.25) is 0 Å². The van der Waals surface area contributed by atoms with E-state index >= 15 is 0 Å². The van der Waals surface area contributed by atoms with Crippen LogP contribution in [0.4, 0.5) is 11.5 Å². The van der Waals surface area contributed by atoms with Crippen LogP contribution in [0.2, 0.25) is 0 Å². The van der Waals surface area contributed by atoms with E-state index in [9.17, 15) is 0 Å². The van der Waals surface area contributed by atoms with E-state index in [1.54, 1.807) is 6.33 Å². The van der Waals surface area contributed by atoms with E-state index in [2.05, 4.69) is 47.8 Å². The monoisotopic (exact) mass is 337 g/mol. The van der Waals surface area contributed by atoms with Crippen LogP contribution in [-0.2, 0) is 0 Å². The number of fused-ring (bicyclic) bond motifs is 1. The van der Waals surface area contributed by atoms with Crippen molar-refractivity contribution in [1.29, 1.82) is 0 Å². The highest BCUT2D eigenvalue weighted by Gasteiger charge is 2.08. The van der Waals surface area contributed by atoms with E-state index in [0.29, 0.717) is 9.48 Å². The Bertz CT molecular complexity index is 649. The number of nitrogens with zero attached hydrogens (tertiary/aromatic N) is 3. The van der Waals surface area contributed by atoms with E-state index in [1.807, 2.05) is 30.3 Å². The summed E-state index contributed by atoms with van der Waals surface area (Å²) < 4.78 is 0.667. The summed E-state index contributed by atoms with van der Waals surface area (Å²) >= 11 is 2.08. The zero-order valence-electron chi connectivity index (χ0n) is 8.68. The lowest BCUT2D eigenvalue weighted by molar-refractivity contribution is 1.14. The minimum atomic E-state index is 0.667. The van der Waals surface area contributed by atoms with Gasteiger partial charge in [0.15, 0.2) is 15.3 Å². The summed E-state index contributed by atoms with van der Waals surface area (Å²) in [5, 5.41) is 3.25. The molecule has 3 aromatic rings. The van der Waals surface area contributed by atoms with Gasteiger partial charge in [0.1, 0.15) is 5.52 Å². The first-order chi connectivity index (χ1) is 8.33. The number of aromatic amines is 1. The minimum absolute atomic E-state index is 0.667. The third-order valence-electron chi connectivity index (χ3n) is 2.29. The lowest BCUT2D eigenvalue weighted by atomic mass is 10.3. The first-order valence-corrected chi connectivity index (χ1v) is 6.09. The van der Waals surface area contributed by atoms with Crippen molar-refractivity contribution in [2.75, 3.05) is 5.32 Å². The maximum Gasteiger partial charge on any atom is 0.194 e. The summed E-state index contributed by atoms with van der Waals surface area (Å²) in [6.45, 7) is 0. The largest absolute Gasteiger partial charge is 0.340 e. The van der Waals surface area contributed by atoms with E-state index in [1.165, 1.54) is 0 Å². The Morgan fingerprint density at radius 3 is 2.76 bits per heavy atom. The molecule has 0 saturated carbocycles. The van der Waals surface area contributed by atoms with Crippen LogP contribution >= 0.6 is 22.6 Å². The lowest BCUT2D eigenvalue weighted by Gasteiger charge is -2.05. The molecule has 0 aliphatic carbocycles. The van der Waals surface area contributed by atoms with Gasteiger partial charge in [-0.3, -0.25) is 0 Å². The standard InChI is InChI=1S/C11H8IN5/c12-11-16-9-8(13-6-14-9)10(17-11)15-7-4-2-1-3-5-7/h1-6H,(H2,13,14,15,16,17). The minimum Gasteiger partial charge on any atom is -0.340 e. The Labute approximate surface area is 111 Å². The van der Waals surface area contributed by atoms with Crippen LogP contribution in [0.1, 0.15) is 0 Å². The highest BCUT2D eigenvalue weighted by Crippen LogP contribution is 2.21. The molecule has 2 N–H and O–H groups in total. The van der Waals surface area contributed by atoms with E-state index in [-0.39, 0.29) is 0 Å². The third-order valence-corrected chi connectivity index (χ3v) is 2.78. The zero-order valence-corrected chi connectivity index (χ0v) is 10.8. The van der Waals surface area contributed by atoms with E-state index in [0.717, 1.165) is 17.0 Å². The quantitative estimate of drug-likeness (QED) is 0.557. The number of imidazole rings is 1. The van der Waals surface area contributed by atoms with Gasteiger partial charge in [-0.2, -0.15) is 0 Å². The van der Waals surface area contributed by atoms with Gasteiger partial charge in [-0.05, 0) is 12.1 Å². The van der Waals surface area contributed by atoms with Crippen molar-refractivity contribution < 1.29 is 0 Å². The van der Waals surface area contributed by atoms with Crippen LogP contribution in [0, 0.1) is 3.83 Å². The molecule has 0 amide bonds. The van der Waals surface area contributed by atoms with Gasteiger partial charge in [0.25, 0.3) is 0 Å². The van der Waals surface area contributed by atoms with Gasteiger partial charge in [-0.1, -0.05) is 18.2 Å². The number of rotatable bonds is 2. The van der Waals surface area contributed by atoms with Gasteiger partial charge >= 0.3 is 0 Å². The molecule has 5 nitrogen and oxygen atoms in total. The SMILES string of the molecule is Ic1nc(Nc2ccccc2)c2[nH]cnc2n1. The van der Waals surface area contributed by atoms with Gasteiger partial charge in [0, 0.05) is 28.3 Å². The molecule has 0 fully saturated rings. The Morgan fingerprint density at radius 2 is 1.94 bits per heavy atom. The number of H-pyrrole nitrogens is 1. The summed E-state index contributed by atoms with van der Waals surface area (Å²) in [4.78, 5) is 15.8. The van der Waals surface area contributed by atoms with Crippen LogP contribution in [0.25, 0.3) is 11.2 Å². The number of hydrogen-bond donors (Lipinski definition) is 2. The second-order valence-corrected chi connectivity index (χ2v) is 4.40. The Hall–Kier alpha value is -1.70. The van der Waals surface area contributed by atoms with Crippen LogP contribution < -0.4 is 5.32 Å². The molecule has 0 spiro atoms. The average molecular weight is 337 g/mol. The normalized spacial score (nSPS) is 10.6. The highest BCUT2D eigenvalue weighted by atomic mass is 127. The van der Waals surface area contributed by atoms with Crippen LogP contribution in [0.15, 0.2) is 36.7 Å². The van der Waals surface area contributed by atoms with E-state index < -0.39 is 0 Å². The maximum absolute atomic E-state index is 4.36. The molecule has 2 heterocycles. The molecule has 0 bridgehead atoms. The number of para-hydroxylation sites is 1. The topological polar surface area (TPSA) is 66.5 Å². The fourth-order valence-corrected chi connectivity index (χ4v) is 2.02. The van der Waals surface area contributed by atoms with Crippen LogP contribution in [-0.4, -0.2) is 19.9 Å². The smallest absolute Gasteiger partial charge is 0.194 e. The summed E-state index contributed by atoms with van der Waals surface area (Å²) in [7, 11) is 0. The number of hydrogen-bond acceptors (Lipinski definition) is 4. The Morgan fingerprint density at radius 1 is 1.12 bits per heavy atom. The molecule has 0 aliphatic rings. The number of halogens is 1. The van der Waals surface area contributed by atoms with Crippen molar-refractivity contribution in [3.05, 3.63) is 40.5 Å². The molecule has 84 valence electrons. The molecule has 6 heteroatoms. The van der Waals surface area contributed by atoms with E-state index in [4.69, 9.17) is 0 Å². The van der Waals surface area contributed by atoms with Gasteiger partial charge in [-0.25, -0.2) is 15.0 Å². The molecule has 17 heavy (non-hydrogen) atoms. The molecule has 0 aliphatic heterocycles. The van der Waals surface area contributed by atoms with Crippen molar-refractivity contribution in [1.82, 2.24) is 19.9 Å². The highest BCUT2D eigenvalue weighted by molar-refractivity contribution is 14.1. The van der Waals surface area contributed by atoms with Crippen molar-refractivity contribution in [2.45, 2.75) is 0 Å². The van der Waals surface area contributed by atoms with Gasteiger partial charge < -0.3 is 10.3 Å². The summed E-state index contributed by atoms with van der Waals surface area (Å²) in [5.41, 5.74) is 2.47. The number of aromatic nitrogens is 4. The first-order valence-electron chi connectivity index (χ1n) is 5.01. The van der Waals surface area contributed by atoms with Crippen LogP contribution in [0.5, 0.6) is 0 Å². The lowest BCUT2D eigenvalue weighted by Crippen LogP contribution is -1.98. The molecule has 0 unspecified atom stereocenters. The van der Waals surface area contributed by atoms with Crippen molar-refractivity contribution >= 4 is 45.3 Å². The van der Waals surface area contributed by atoms with Gasteiger partial charge in [0.05, 0.1) is 6.33 Å².